The first-order chi connectivity index (χ1) is 15.7. The number of aryl methyl sites for hydroxylation is 1. The highest BCUT2D eigenvalue weighted by Gasteiger charge is 2.48. The summed E-state index contributed by atoms with van der Waals surface area (Å²) < 4.78 is 10.4. The monoisotopic (exact) mass is 475 g/mol. The molecule has 2 saturated heterocycles. The fourth-order valence-electron chi connectivity index (χ4n) is 3.76. The van der Waals surface area contributed by atoms with Crippen molar-refractivity contribution in [2.75, 3.05) is 32.8 Å². The van der Waals surface area contributed by atoms with Gasteiger partial charge >= 0.3 is 6.09 Å². The molecule has 8 heteroatoms. The Morgan fingerprint density at radius 1 is 1.27 bits per heavy atom. The molecule has 1 aromatic rings. The number of nitrogens with one attached hydrogen (secondary N) is 1. The molecule has 33 heavy (non-hydrogen) atoms. The second kappa shape index (κ2) is 10.8. The number of benzene rings is 1. The van der Waals surface area contributed by atoms with Crippen molar-refractivity contribution in [3.63, 3.8) is 0 Å². The Labute approximate surface area is 201 Å². The molecule has 7 nitrogen and oxygen atoms in total. The quantitative estimate of drug-likeness (QED) is 0.596. The molecule has 2 amide bonds. The maximum atomic E-state index is 11.8. The molecular weight excluding hydrogens is 438 g/mol. The summed E-state index contributed by atoms with van der Waals surface area (Å²) in [6, 6.07) is 5.71. The first-order valence-corrected chi connectivity index (χ1v) is 12.5. The van der Waals surface area contributed by atoms with Crippen LogP contribution < -0.4 is 11.1 Å². The Balaban J connectivity index is 0.000000192. The van der Waals surface area contributed by atoms with E-state index in [-0.39, 0.29) is 17.6 Å². The molecule has 1 aromatic carbocycles. The van der Waals surface area contributed by atoms with Gasteiger partial charge in [-0.2, -0.15) is 0 Å². The fraction of sp³-hybridized carbons (Fsp3) is 0.600. The molecule has 1 aliphatic carbocycles. The SMILES string of the molecule is CC1(OC(=O)N2CC3CC3C2)COC1.CCNC(=O)c1ccc(C)c(SC(N)=C(C)CC)c1. The fourth-order valence-corrected chi connectivity index (χ4v) is 4.74. The second-order valence-electron chi connectivity index (χ2n) is 9.41. The first-order valence-electron chi connectivity index (χ1n) is 11.7. The molecule has 3 fully saturated rings. The zero-order chi connectivity index (χ0) is 24.2. The molecule has 2 aliphatic heterocycles. The zero-order valence-corrected chi connectivity index (χ0v) is 21.2. The molecule has 0 radical (unpaired) electrons. The number of carbonyl (C=O) groups is 2. The Kier molecular flexibility index (Phi) is 8.34. The minimum atomic E-state index is -0.357. The summed E-state index contributed by atoms with van der Waals surface area (Å²) in [5.41, 5.74) is 8.68. The van der Waals surface area contributed by atoms with Gasteiger partial charge in [0.05, 0.1) is 18.2 Å². The summed E-state index contributed by atoms with van der Waals surface area (Å²) in [5, 5.41) is 3.62. The van der Waals surface area contributed by atoms with Gasteiger partial charge in [-0.15, -0.1) is 0 Å². The molecule has 0 spiro atoms. The number of allylic oxidation sites excluding steroid dienone is 1. The molecule has 2 unspecified atom stereocenters. The van der Waals surface area contributed by atoms with E-state index in [0.29, 0.717) is 25.3 Å². The second-order valence-corrected chi connectivity index (χ2v) is 10.5. The molecule has 2 atom stereocenters. The van der Waals surface area contributed by atoms with Crippen molar-refractivity contribution < 1.29 is 19.1 Å². The molecule has 0 bridgehead atoms. The van der Waals surface area contributed by atoms with Crippen LogP contribution in [0.2, 0.25) is 0 Å². The Hall–Kier alpha value is -2.19. The molecule has 182 valence electrons. The molecule has 1 saturated carbocycles. The van der Waals surface area contributed by atoms with Crippen molar-refractivity contribution in [3.05, 3.63) is 39.9 Å². The number of nitrogens with zero attached hydrogens (tertiary/aromatic N) is 1. The lowest BCUT2D eigenvalue weighted by molar-refractivity contribution is -0.171. The summed E-state index contributed by atoms with van der Waals surface area (Å²) >= 11 is 1.53. The van der Waals surface area contributed by atoms with E-state index in [1.54, 1.807) is 0 Å². The number of ether oxygens (including phenoxy) is 2. The van der Waals surface area contributed by atoms with E-state index in [9.17, 15) is 9.59 Å². The van der Waals surface area contributed by atoms with Gasteiger partial charge in [0.2, 0.25) is 0 Å². The summed E-state index contributed by atoms with van der Waals surface area (Å²) in [6.45, 7) is 13.5. The maximum absolute atomic E-state index is 11.8. The van der Waals surface area contributed by atoms with Gasteiger partial charge in [0.25, 0.3) is 5.91 Å². The number of likely N-dealkylation sites (tertiary alicyclic amines) is 1. The third kappa shape index (κ3) is 6.67. The smallest absolute Gasteiger partial charge is 0.410 e. The van der Waals surface area contributed by atoms with Gasteiger partial charge in [0.15, 0.2) is 5.60 Å². The summed E-state index contributed by atoms with van der Waals surface area (Å²) in [6.07, 6.45) is 2.10. The van der Waals surface area contributed by atoms with Gasteiger partial charge in [-0.1, -0.05) is 24.8 Å². The normalized spacial score (nSPS) is 22.8. The molecule has 2 heterocycles. The highest BCUT2D eigenvalue weighted by molar-refractivity contribution is 8.03. The van der Waals surface area contributed by atoms with Crippen LogP contribution in [0.4, 0.5) is 4.79 Å². The summed E-state index contributed by atoms with van der Waals surface area (Å²) in [4.78, 5) is 26.4. The molecule has 3 aliphatic rings. The van der Waals surface area contributed by atoms with E-state index in [0.717, 1.165) is 46.8 Å². The number of carbonyl (C=O) groups excluding carboxylic acids is 2. The van der Waals surface area contributed by atoms with Gasteiger partial charge in [-0.3, -0.25) is 4.79 Å². The largest absolute Gasteiger partial charge is 0.438 e. The number of amides is 2. The zero-order valence-electron chi connectivity index (χ0n) is 20.4. The number of thioether (sulfide) groups is 1. The molecule has 4 rings (SSSR count). The summed E-state index contributed by atoms with van der Waals surface area (Å²) in [7, 11) is 0. The lowest BCUT2D eigenvalue weighted by Gasteiger charge is -2.38. The van der Waals surface area contributed by atoms with Gasteiger partial charge < -0.3 is 25.4 Å². The average molecular weight is 476 g/mol. The van der Waals surface area contributed by atoms with Crippen LogP contribution in [0.1, 0.15) is 56.5 Å². The van der Waals surface area contributed by atoms with Crippen LogP contribution in [0.5, 0.6) is 0 Å². The van der Waals surface area contributed by atoms with Crippen LogP contribution in [-0.2, 0) is 9.47 Å². The molecule has 0 aromatic heterocycles. The van der Waals surface area contributed by atoms with Crippen LogP contribution in [-0.4, -0.2) is 55.3 Å². The predicted octanol–water partition coefficient (Wildman–Crippen LogP) is 4.30. The molecule has 3 N–H and O–H groups in total. The van der Waals surface area contributed by atoms with E-state index in [4.69, 9.17) is 15.2 Å². The lowest BCUT2D eigenvalue weighted by atomic mass is 10.1. The van der Waals surface area contributed by atoms with Crippen LogP contribution >= 0.6 is 11.8 Å². The third-order valence-electron chi connectivity index (χ3n) is 6.34. The Morgan fingerprint density at radius 2 is 1.94 bits per heavy atom. The van der Waals surface area contributed by atoms with Crippen molar-refractivity contribution in [2.24, 2.45) is 17.6 Å². The predicted molar refractivity (Wildman–Crippen MR) is 131 cm³/mol. The van der Waals surface area contributed by atoms with Gasteiger partial charge in [-0.05, 0) is 75.6 Å². The number of hydrogen-bond acceptors (Lipinski definition) is 6. The van der Waals surface area contributed by atoms with Crippen molar-refractivity contribution in [1.82, 2.24) is 10.2 Å². The Bertz CT molecular complexity index is 903. The van der Waals surface area contributed by atoms with Crippen LogP contribution in [0, 0.1) is 18.8 Å². The van der Waals surface area contributed by atoms with E-state index in [1.807, 2.05) is 50.8 Å². The van der Waals surface area contributed by atoms with Gasteiger partial charge in [-0.25, -0.2) is 4.79 Å². The van der Waals surface area contributed by atoms with Crippen LogP contribution in [0.3, 0.4) is 0 Å². The van der Waals surface area contributed by atoms with Crippen LogP contribution in [0.25, 0.3) is 0 Å². The van der Waals surface area contributed by atoms with Crippen LogP contribution in [0.15, 0.2) is 33.7 Å². The van der Waals surface area contributed by atoms with Crippen molar-refractivity contribution in [1.29, 1.82) is 0 Å². The lowest BCUT2D eigenvalue weighted by Crippen LogP contribution is -2.52. The number of piperidine rings is 1. The number of rotatable bonds is 6. The van der Waals surface area contributed by atoms with E-state index < -0.39 is 0 Å². The molecular formula is C25H37N3O4S. The van der Waals surface area contributed by atoms with E-state index in [2.05, 4.69) is 12.2 Å². The minimum absolute atomic E-state index is 0.0425. The first kappa shape index (κ1) is 25.4. The number of hydrogen-bond donors (Lipinski definition) is 2. The topological polar surface area (TPSA) is 93.9 Å². The standard InChI is InChI=1S/C15H22N2OS.C10H15NO3/c1-5-10(3)14(16)19-13-9-12(8-7-11(13)4)15(18)17-6-2;1-10(5-13-6-10)14-9(12)11-3-7-2-8(7)4-11/h7-9H,5-6,16H2,1-4H3,(H,17,18);7-8H,2-6H2,1H3. The van der Waals surface area contributed by atoms with Crippen molar-refractivity contribution in [3.8, 4) is 0 Å². The van der Waals surface area contributed by atoms with E-state index >= 15 is 0 Å². The summed E-state index contributed by atoms with van der Waals surface area (Å²) in [5.74, 6) is 1.50. The minimum Gasteiger partial charge on any atom is -0.438 e. The van der Waals surface area contributed by atoms with Crippen molar-refractivity contribution in [2.45, 2.75) is 58.0 Å². The van der Waals surface area contributed by atoms with E-state index in [1.165, 1.54) is 23.8 Å². The highest BCUT2D eigenvalue weighted by atomic mass is 32.2. The highest BCUT2D eigenvalue weighted by Crippen LogP contribution is 2.45. The van der Waals surface area contributed by atoms with Crippen molar-refractivity contribution >= 4 is 23.8 Å². The van der Waals surface area contributed by atoms with Gasteiger partial charge in [0, 0.05) is 30.1 Å². The number of nitrogens with two attached hydrogens (primary N) is 1. The number of fused-ring (bicyclic) bond motifs is 1. The Morgan fingerprint density at radius 3 is 2.48 bits per heavy atom. The maximum Gasteiger partial charge on any atom is 0.410 e. The average Bonchev–Trinajstić information content (AvgIpc) is 3.38. The van der Waals surface area contributed by atoms with Gasteiger partial charge in [0.1, 0.15) is 0 Å². The third-order valence-corrected chi connectivity index (χ3v) is 7.57.